The molecule has 108 valence electrons. The average Bonchev–Trinajstić information content (AvgIpc) is 2.85. The molecular weight excluding hydrogens is 287 g/mol. The summed E-state index contributed by atoms with van der Waals surface area (Å²) >= 11 is 1.54. The van der Waals surface area contributed by atoms with Crippen LogP contribution in [0.2, 0.25) is 0 Å². The molecule has 3 nitrogen and oxygen atoms in total. The van der Waals surface area contributed by atoms with E-state index in [1.807, 2.05) is 0 Å². The largest absolute Gasteiger partial charge is 0.365 e. The maximum atomic E-state index is 12.9. The summed E-state index contributed by atoms with van der Waals surface area (Å²) in [7, 11) is 0. The molecule has 0 radical (unpaired) electrons. The smallest absolute Gasteiger partial charge is 0.252 e. The summed E-state index contributed by atoms with van der Waals surface area (Å²) in [6.07, 6.45) is 5.77. The molecule has 0 unspecified atom stereocenters. The van der Waals surface area contributed by atoms with Crippen LogP contribution in [0, 0.1) is 5.82 Å². The van der Waals surface area contributed by atoms with Crippen molar-refractivity contribution in [1.29, 1.82) is 0 Å². The van der Waals surface area contributed by atoms with Crippen molar-refractivity contribution in [3.63, 3.8) is 0 Å². The summed E-state index contributed by atoms with van der Waals surface area (Å²) in [5.41, 5.74) is 7.94. The second kappa shape index (κ2) is 5.77. The van der Waals surface area contributed by atoms with Crippen LogP contribution in [0.1, 0.15) is 39.2 Å². The van der Waals surface area contributed by atoms with Crippen molar-refractivity contribution in [2.45, 2.75) is 25.7 Å². The Bertz CT molecular complexity index is 704. The highest BCUT2D eigenvalue weighted by Crippen LogP contribution is 2.39. The fraction of sp³-hybridized carbons (Fsp3) is 0.250. The van der Waals surface area contributed by atoms with Crippen molar-refractivity contribution in [3.05, 3.63) is 51.7 Å². The summed E-state index contributed by atoms with van der Waals surface area (Å²) in [5, 5.41) is 0.665. The molecule has 0 bridgehead atoms. The Kier molecular flexibility index (Phi) is 3.84. The number of nitrogens with two attached hydrogens (primary N) is 1. The molecule has 21 heavy (non-hydrogen) atoms. The SMILES string of the molecule is NC(=O)c1c(/N=C/c2ccc(F)cc2)sc2c1CCCC2. The summed E-state index contributed by atoms with van der Waals surface area (Å²) in [6.45, 7) is 0. The number of carbonyl (C=O) groups is 1. The third-order valence-corrected chi connectivity index (χ3v) is 4.80. The van der Waals surface area contributed by atoms with E-state index in [2.05, 4.69) is 4.99 Å². The van der Waals surface area contributed by atoms with Gasteiger partial charge in [0.2, 0.25) is 0 Å². The Hall–Kier alpha value is -2.01. The van der Waals surface area contributed by atoms with E-state index in [9.17, 15) is 9.18 Å². The Morgan fingerprint density at radius 1 is 1.24 bits per heavy atom. The maximum Gasteiger partial charge on any atom is 0.252 e. The lowest BCUT2D eigenvalue weighted by molar-refractivity contribution is 0.100. The number of primary amides is 1. The second-order valence-corrected chi connectivity index (χ2v) is 6.15. The lowest BCUT2D eigenvalue weighted by atomic mass is 9.95. The number of halogens is 1. The molecule has 1 aromatic heterocycles. The van der Waals surface area contributed by atoms with E-state index >= 15 is 0 Å². The average molecular weight is 302 g/mol. The number of fused-ring (bicyclic) bond motifs is 1. The quantitative estimate of drug-likeness (QED) is 0.865. The van der Waals surface area contributed by atoms with Gasteiger partial charge in [-0.2, -0.15) is 0 Å². The number of carbonyl (C=O) groups excluding carboxylic acids is 1. The maximum absolute atomic E-state index is 12.9. The molecule has 1 aliphatic carbocycles. The predicted octanol–water partition coefficient (Wildman–Crippen LogP) is 3.62. The van der Waals surface area contributed by atoms with Gasteiger partial charge in [-0.1, -0.05) is 12.1 Å². The van der Waals surface area contributed by atoms with E-state index in [1.54, 1.807) is 18.3 Å². The van der Waals surface area contributed by atoms with Gasteiger partial charge in [-0.25, -0.2) is 9.38 Å². The van der Waals surface area contributed by atoms with E-state index in [0.29, 0.717) is 10.6 Å². The van der Waals surface area contributed by atoms with Gasteiger partial charge >= 0.3 is 0 Å². The number of aliphatic imine (C=N–C) groups is 1. The zero-order chi connectivity index (χ0) is 14.8. The van der Waals surface area contributed by atoms with Gasteiger partial charge in [0, 0.05) is 11.1 Å². The van der Waals surface area contributed by atoms with E-state index in [4.69, 9.17) is 5.73 Å². The number of rotatable bonds is 3. The van der Waals surface area contributed by atoms with Crippen molar-refractivity contribution in [1.82, 2.24) is 0 Å². The van der Waals surface area contributed by atoms with E-state index < -0.39 is 5.91 Å². The molecule has 1 aromatic carbocycles. The minimum absolute atomic E-state index is 0.281. The monoisotopic (exact) mass is 302 g/mol. The Morgan fingerprint density at radius 2 is 1.95 bits per heavy atom. The van der Waals surface area contributed by atoms with Crippen LogP contribution in [-0.4, -0.2) is 12.1 Å². The molecule has 0 atom stereocenters. The Balaban J connectivity index is 1.96. The van der Waals surface area contributed by atoms with Crippen LogP contribution in [0.5, 0.6) is 0 Å². The van der Waals surface area contributed by atoms with Crippen molar-refractivity contribution in [2.24, 2.45) is 10.7 Å². The first kappa shape index (κ1) is 13.9. The van der Waals surface area contributed by atoms with Gasteiger partial charge in [0.05, 0.1) is 5.56 Å². The predicted molar refractivity (Wildman–Crippen MR) is 83.1 cm³/mol. The molecule has 0 fully saturated rings. The highest BCUT2D eigenvalue weighted by Gasteiger charge is 2.23. The van der Waals surface area contributed by atoms with Gasteiger partial charge in [-0.15, -0.1) is 11.3 Å². The molecule has 3 rings (SSSR count). The molecule has 1 aliphatic rings. The first-order chi connectivity index (χ1) is 10.1. The standard InChI is InChI=1S/C16H15FN2OS/c17-11-7-5-10(6-8-11)9-19-16-14(15(18)20)12-3-1-2-4-13(12)21-16/h5-9H,1-4H2,(H2,18,20)/b19-9+. The summed E-state index contributed by atoms with van der Waals surface area (Å²) in [5.74, 6) is -0.697. The van der Waals surface area contributed by atoms with Gasteiger partial charge in [0.1, 0.15) is 10.8 Å². The van der Waals surface area contributed by atoms with Crippen molar-refractivity contribution >= 4 is 28.5 Å². The molecule has 0 saturated carbocycles. The lowest BCUT2D eigenvalue weighted by Gasteiger charge is -2.10. The summed E-state index contributed by atoms with van der Waals surface area (Å²) in [4.78, 5) is 17.3. The molecule has 0 aliphatic heterocycles. The van der Waals surface area contributed by atoms with Gasteiger partial charge < -0.3 is 5.73 Å². The number of thiophene rings is 1. The zero-order valence-electron chi connectivity index (χ0n) is 11.4. The summed E-state index contributed by atoms with van der Waals surface area (Å²) in [6, 6.07) is 6.07. The normalized spacial score (nSPS) is 14.3. The van der Waals surface area contributed by atoms with Crippen LogP contribution < -0.4 is 5.73 Å². The first-order valence-corrected chi connectivity index (χ1v) is 7.71. The molecule has 2 aromatic rings. The van der Waals surface area contributed by atoms with Crippen LogP contribution >= 0.6 is 11.3 Å². The van der Waals surface area contributed by atoms with E-state index in [-0.39, 0.29) is 5.82 Å². The topological polar surface area (TPSA) is 55.5 Å². The fourth-order valence-electron chi connectivity index (χ4n) is 2.58. The van der Waals surface area contributed by atoms with Crippen LogP contribution in [-0.2, 0) is 12.8 Å². The first-order valence-electron chi connectivity index (χ1n) is 6.89. The van der Waals surface area contributed by atoms with Gasteiger partial charge in [0.15, 0.2) is 0 Å². The lowest BCUT2D eigenvalue weighted by Crippen LogP contribution is -2.14. The third kappa shape index (κ3) is 2.88. The molecule has 1 amide bonds. The number of amides is 1. The number of nitrogens with zero attached hydrogens (tertiary/aromatic N) is 1. The molecule has 1 heterocycles. The van der Waals surface area contributed by atoms with Crippen molar-refractivity contribution < 1.29 is 9.18 Å². The second-order valence-electron chi connectivity index (χ2n) is 5.07. The van der Waals surface area contributed by atoms with Gasteiger partial charge in [-0.05, 0) is 48.9 Å². The number of hydrogen-bond acceptors (Lipinski definition) is 3. The van der Waals surface area contributed by atoms with Crippen LogP contribution in [0.25, 0.3) is 0 Å². The Morgan fingerprint density at radius 3 is 2.67 bits per heavy atom. The molecular formula is C16H15FN2OS. The molecule has 2 N–H and O–H groups in total. The van der Waals surface area contributed by atoms with Crippen LogP contribution in [0.15, 0.2) is 29.3 Å². The Labute approximate surface area is 126 Å². The van der Waals surface area contributed by atoms with Gasteiger partial charge in [0.25, 0.3) is 5.91 Å². The fourth-order valence-corrected chi connectivity index (χ4v) is 3.82. The summed E-state index contributed by atoms with van der Waals surface area (Å²) < 4.78 is 12.9. The highest BCUT2D eigenvalue weighted by atomic mass is 32.1. The third-order valence-electron chi connectivity index (χ3n) is 3.60. The number of benzene rings is 1. The van der Waals surface area contributed by atoms with Gasteiger partial charge in [-0.3, -0.25) is 4.79 Å². The highest BCUT2D eigenvalue weighted by molar-refractivity contribution is 7.16. The van der Waals surface area contributed by atoms with Crippen molar-refractivity contribution in [3.8, 4) is 0 Å². The number of aryl methyl sites for hydroxylation is 1. The van der Waals surface area contributed by atoms with E-state index in [0.717, 1.165) is 36.8 Å². The molecule has 0 spiro atoms. The van der Waals surface area contributed by atoms with Crippen LogP contribution in [0.4, 0.5) is 9.39 Å². The number of hydrogen-bond donors (Lipinski definition) is 1. The minimum Gasteiger partial charge on any atom is -0.365 e. The zero-order valence-corrected chi connectivity index (χ0v) is 12.3. The van der Waals surface area contributed by atoms with E-state index in [1.165, 1.54) is 28.3 Å². The molecule has 0 saturated heterocycles. The molecule has 5 heteroatoms. The van der Waals surface area contributed by atoms with Crippen LogP contribution in [0.3, 0.4) is 0 Å². The minimum atomic E-state index is -0.416. The van der Waals surface area contributed by atoms with Crippen molar-refractivity contribution in [2.75, 3.05) is 0 Å².